The van der Waals surface area contributed by atoms with Crippen molar-refractivity contribution in [3.8, 4) is 0 Å². The fourth-order valence-corrected chi connectivity index (χ4v) is 1.99. The topological polar surface area (TPSA) is 0 Å². The van der Waals surface area contributed by atoms with Gasteiger partial charge in [0.15, 0.2) is 0 Å². The van der Waals surface area contributed by atoms with Gasteiger partial charge in [0.05, 0.1) is 0 Å². The van der Waals surface area contributed by atoms with Gasteiger partial charge in [-0.1, -0.05) is 34.1 Å². The zero-order valence-electron chi connectivity index (χ0n) is 7.44. The lowest BCUT2D eigenvalue weighted by atomic mass is 10.1. The molecule has 0 aliphatic rings. The first-order chi connectivity index (χ1) is 6.66. The second kappa shape index (κ2) is 5.66. The minimum atomic E-state index is -2.43. The minimum Gasteiger partial charge on any atom is -0.205 e. The summed E-state index contributed by atoms with van der Waals surface area (Å²) in [5, 5.41) is 0. The Labute approximate surface area is 95.4 Å². The molecule has 0 spiro atoms. The molecule has 0 atom stereocenters. The van der Waals surface area contributed by atoms with E-state index in [0.29, 0.717) is 10.4 Å². The summed E-state index contributed by atoms with van der Waals surface area (Å²) in [6.07, 6.45) is -0.905. The van der Waals surface area contributed by atoms with Gasteiger partial charge in [0.1, 0.15) is 0 Å². The predicted octanol–water partition coefficient (Wildman–Crippen LogP) is 4.56. The van der Waals surface area contributed by atoms with Gasteiger partial charge in [-0.3, -0.25) is 0 Å². The van der Waals surface area contributed by atoms with Crippen molar-refractivity contribution in [2.75, 3.05) is 5.88 Å². The van der Waals surface area contributed by atoms with E-state index in [2.05, 4.69) is 15.9 Å². The van der Waals surface area contributed by atoms with Crippen LogP contribution in [-0.4, -0.2) is 5.88 Å². The van der Waals surface area contributed by atoms with Crippen molar-refractivity contribution in [2.45, 2.75) is 19.3 Å². The van der Waals surface area contributed by atoms with E-state index in [1.165, 1.54) is 6.07 Å². The summed E-state index contributed by atoms with van der Waals surface area (Å²) in [7, 11) is 0. The number of rotatable bonds is 4. The Hall–Kier alpha value is -0.150. The highest BCUT2D eigenvalue weighted by molar-refractivity contribution is 9.10. The summed E-state index contributed by atoms with van der Waals surface area (Å²) in [6.45, 7) is 0. The average Bonchev–Trinajstić information content (AvgIpc) is 2.16. The van der Waals surface area contributed by atoms with E-state index in [4.69, 9.17) is 11.6 Å². The van der Waals surface area contributed by atoms with Crippen molar-refractivity contribution in [3.63, 3.8) is 0 Å². The number of aryl methyl sites for hydroxylation is 1. The molecule has 0 heterocycles. The zero-order chi connectivity index (χ0) is 10.6. The maximum absolute atomic E-state index is 12.5. The van der Waals surface area contributed by atoms with Crippen LogP contribution in [0.15, 0.2) is 22.7 Å². The molecule has 0 radical (unpaired) electrons. The molecule has 0 aromatic heterocycles. The van der Waals surface area contributed by atoms with Gasteiger partial charge in [0, 0.05) is 15.9 Å². The molecule has 0 aliphatic heterocycles. The van der Waals surface area contributed by atoms with Crippen molar-refractivity contribution in [3.05, 3.63) is 33.8 Å². The number of benzene rings is 1. The molecule has 0 aliphatic carbocycles. The summed E-state index contributed by atoms with van der Waals surface area (Å²) in [6, 6.07) is 4.91. The summed E-state index contributed by atoms with van der Waals surface area (Å²) in [4.78, 5) is 0. The maximum Gasteiger partial charge on any atom is 0.264 e. The maximum atomic E-state index is 12.5. The highest BCUT2D eigenvalue weighted by atomic mass is 79.9. The smallest absolute Gasteiger partial charge is 0.205 e. The van der Waals surface area contributed by atoms with E-state index < -0.39 is 6.43 Å². The van der Waals surface area contributed by atoms with Crippen LogP contribution in [-0.2, 0) is 6.42 Å². The Kier molecular flexibility index (Phi) is 4.82. The predicted molar refractivity (Wildman–Crippen MR) is 58.1 cm³/mol. The van der Waals surface area contributed by atoms with E-state index in [0.717, 1.165) is 18.4 Å². The van der Waals surface area contributed by atoms with E-state index >= 15 is 0 Å². The van der Waals surface area contributed by atoms with Gasteiger partial charge in [-0.15, -0.1) is 11.6 Å². The van der Waals surface area contributed by atoms with Gasteiger partial charge in [-0.05, 0) is 18.4 Å². The van der Waals surface area contributed by atoms with E-state index in [1.54, 1.807) is 6.07 Å². The van der Waals surface area contributed by atoms with Crippen LogP contribution >= 0.6 is 27.5 Å². The Morgan fingerprint density at radius 3 is 2.64 bits per heavy atom. The van der Waals surface area contributed by atoms with Crippen molar-refractivity contribution >= 4 is 27.5 Å². The Balaban J connectivity index is 2.89. The number of hydrogen-bond acceptors (Lipinski definition) is 0. The molecule has 1 rings (SSSR count). The van der Waals surface area contributed by atoms with Crippen LogP contribution in [0.2, 0.25) is 0 Å². The molecule has 0 fully saturated rings. The van der Waals surface area contributed by atoms with Gasteiger partial charge >= 0.3 is 0 Å². The quantitative estimate of drug-likeness (QED) is 0.711. The van der Waals surface area contributed by atoms with Gasteiger partial charge < -0.3 is 0 Å². The molecule has 0 saturated carbocycles. The van der Waals surface area contributed by atoms with Crippen molar-refractivity contribution in [1.82, 2.24) is 0 Å². The molecule has 0 nitrogen and oxygen atoms in total. The highest BCUT2D eigenvalue weighted by Crippen LogP contribution is 2.30. The summed E-state index contributed by atoms with van der Waals surface area (Å²) in [5.41, 5.74) is 0.945. The SMILES string of the molecule is FC(F)c1cccc(CCCCl)c1Br. The lowest BCUT2D eigenvalue weighted by Crippen LogP contribution is -1.93. The minimum absolute atomic E-state index is 0.0528. The van der Waals surface area contributed by atoms with Gasteiger partial charge in [0.25, 0.3) is 6.43 Å². The number of alkyl halides is 3. The van der Waals surface area contributed by atoms with Crippen LogP contribution < -0.4 is 0 Å². The lowest BCUT2D eigenvalue weighted by molar-refractivity contribution is 0.150. The second-order valence-electron chi connectivity index (χ2n) is 2.91. The molecule has 4 heteroatoms. The van der Waals surface area contributed by atoms with E-state index in [9.17, 15) is 8.78 Å². The summed E-state index contributed by atoms with van der Waals surface area (Å²) >= 11 is 8.73. The van der Waals surface area contributed by atoms with Gasteiger partial charge in [-0.25, -0.2) is 8.78 Å². The third kappa shape index (κ3) is 2.92. The van der Waals surface area contributed by atoms with Crippen LogP contribution in [0.3, 0.4) is 0 Å². The van der Waals surface area contributed by atoms with Crippen molar-refractivity contribution < 1.29 is 8.78 Å². The Morgan fingerprint density at radius 1 is 1.36 bits per heavy atom. The average molecular weight is 284 g/mol. The van der Waals surface area contributed by atoms with E-state index in [1.807, 2.05) is 6.07 Å². The first-order valence-corrected chi connectivity index (χ1v) is 5.61. The van der Waals surface area contributed by atoms with Gasteiger partial charge in [0.2, 0.25) is 0 Å². The standard InChI is InChI=1S/C10H10BrClF2/c11-9-7(4-2-6-12)3-1-5-8(9)10(13)14/h1,3,5,10H,2,4,6H2. The molecular formula is C10H10BrClF2. The molecule has 1 aromatic carbocycles. The normalized spacial score (nSPS) is 10.9. The fourth-order valence-electron chi connectivity index (χ4n) is 1.22. The molecule has 0 unspecified atom stereocenters. The molecular weight excluding hydrogens is 273 g/mol. The first-order valence-electron chi connectivity index (χ1n) is 4.28. The molecule has 78 valence electrons. The molecule has 1 aromatic rings. The van der Waals surface area contributed by atoms with Crippen LogP contribution in [0.1, 0.15) is 24.0 Å². The molecule has 14 heavy (non-hydrogen) atoms. The molecule has 0 amide bonds. The third-order valence-electron chi connectivity index (χ3n) is 1.92. The van der Waals surface area contributed by atoms with Crippen LogP contribution in [0, 0.1) is 0 Å². The molecule has 0 saturated heterocycles. The first kappa shape index (κ1) is 11.9. The van der Waals surface area contributed by atoms with Crippen molar-refractivity contribution in [1.29, 1.82) is 0 Å². The summed E-state index contributed by atoms with van der Waals surface area (Å²) in [5.74, 6) is 0.547. The fraction of sp³-hybridized carbons (Fsp3) is 0.400. The largest absolute Gasteiger partial charge is 0.264 e. The second-order valence-corrected chi connectivity index (χ2v) is 4.08. The third-order valence-corrected chi connectivity index (χ3v) is 3.16. The number of hydrogen-bond donors (Lipinski definition) is 0. The Bertz CT molecular complexity index is 302. The molecule has 0 bridgehead atoms. The molecule has 0 N–H and O–H groups in total. The summed E-state index contributed by atoms with van der Waals surface area (Å²) < 4.78 is 25.5. The Morgan fingerprint density at radius 2 is 2.07 bits per heavy atom. The van der Waals surface area contributed by atoms with Gasteiger partial charge in [-0.2, -0.15) is 0 Å². The highest BCUT2D eigenvalue weighted by Gasteiger charge is 2.13. The number of halogens is 4. The van der Waals surface area contributed by atoms with Crippen LogP contribution in [0.25, 0.3) is 0 Å². The van der Waals surface area contributed by atoms with E-state index in [-0.39, 0.29) is 5.56 Å². The zero-order valence-corrected chi connectivity index (χ0v) is 9.78. The van der Waals surface area contributed by atoms with Crippen molar-refractivity contribution in [2.24, 2.45) is 0 Å². The monoisotopic (exact) mass is 282 g/mol. The van der Waals surface area contributed by atoms with Crippen LogP contribution in [0.5, 0.6) is 0 Å². The van der Waals surface area contributed by atoms with Crippen LogP contribution in [0.4, 0.5) is 8.78 Å². The lowest BCUT2D eigenvalue weighted by Gasteiger charge is -2.08.